The van der Waals surface area contributed by atoms with Gasteiger partial charge in [-0.1, -0.05) is 42.0 Å². The van der Waals surface area contributed by atoms with Gasteiger partial charge in [0.05, 0.1) is 12.2 Å². The highest BCUT2D eigenvalue weighted by Crippen LogP contribution is 2.22. The lowest BCUT2D eigenvalue weighted by Gasteiger charge is -2.10. The summed E-state index contributed by atoms with van der Waals surface area (Å²) < 4.78 is 3.46. The van der Waals surface area contributed by atoms with Gasteiger partial charge in [-0.2, -0.15) is 5.10 Å². The fourth-order valence-electron chi connectivity index (χ4n) is 4.52. The van der Waals surface area contributed by atoms with E-state index in [1.807, 2.05) is 30.5 Å². The van der Waals surface area contributed by atoms with Gasteiger partial charge in [0, 0.05) is 30.1 Å². The van der Waals surface area contributed by atoms with Crippen molar-refractivity contribution in [2.24, 2.45) is 0 Å². The Balaban J connectivity index is 1.24. The number of hydrogen-bond acceptors (Lipinski definition) is 3. The predicted molar refractivity (Wildman–Crippen MR) is 129 cm³/mol. The number of nitrogens with one attached hydrogen (secondary N) is 1. The van der Waals surface area contributed by atoms with Crippen LogP contribution in [0.15, 0.2) is 65.7 Å². The highest BCUT2D eigenvalue weighted by Gasteiger charge is 2.19. The minimum absolute atomic E-state index is 0.00826. The van der Waals surface area contributed by atoms with E-state index in [0.29, 0.717) is 24.2 Å². The van der Waals surface area contributed by atoms with Crippen molar-refractivity contribution in [3.05, 3.63) is 105 Å². The summed E-state index contributed by atoms with van der Waals surface area (Å²) in [5, 5.41) is 7.58. The summed E-state index contributed by atoms with van der Waals surface area (Å²) in [4.78, 5) is 25.6. The van der Waals surface area contributed by atoms with Crippen molar-refractivity contribution in [3.63, 3.8) is 0 Å². The van der Waals surface area contributed by atoms with Crippen LogP contribution in [0.25, 0.3) is 5.52 Å². The lowest BCUT2D eigenvalue weighted by atomic mass is 9.97. The molecule has 168 valence electrons. The fourth-order valence-corrected chi connectivity index (χ4v) is 4.52. The molecule has 0 saturated heterocycles. The Bertz CT molecular complexity index is 1350. The Morgan fingerprint density at radius 2 is 1.70 bits per heavy atom. The summed E-state index contributed by atoms with van der Waals surface area (Å²) in [6, 6.07) is 15.8. The molecule has 0 radical (unpaired) electrons. The first-order valence-corrected chi connectivity index (χ1v) is 11.6. The van der Waals surface area contributed by atoms with Crippen LogP contribution >= 0.6 is 0 Å². The lowest BCUT2D eigenvalue weighted by Crippen LogP contribution is -2.25. The zero-order chi connectivity index (χ0) is 22.8. The second-order valence-corrected chi connectivity index (χ2v) is 8.85. The molecule has 0 saturated carbocycles. The summed E-state index contributed by atoms with van der Waals surface area (Å²) in [6.07, 6.45) is 8.57. The molecule has 1 amide bonds. The molecule has 1 aliphatic rings. The Labute approximate surface area is 192 Å². The third-order valence-electron chi connectivity index (χ3n) is 6.42. The summed E-state index contributed by atoms with van der Waals surface area (Å²) in [5.41, 5.74) is 6.91. The minimum atomic E-state index is -0.0851. The average molecular weight is 441 g/mol. The van der Waals surface area contributed by atoms with E-state index in [2.05, 4.69) is 41.6 Å². The molecule has 4 aromatic rings. The molecule has 6 nitrogen and oxygen atoms in total. The molecular formula is C27H28N4O2. The molecule has 6 heteroatoms. The Hall–Kier alpha value is -3.67. The topological polar surface area (TPSA) is 68.4 Å². The Morgan fingerprint density at radius 3 is 2.48 bits per heavy atom. The maximum atomic E-state index is 13.1. The highest BCUT2D eigenvalue weighted by molar-refractivity contribution is 5.94. The summed E-state index contributed by atoms with van der Waals surface area (Å²) >= 11 is 0. The van der Waals surface area contributed by atoms with E-state index in [1.54, 1.807) is 15.3 Å². The number of rotatable bonds is 6. The van der Waals surface area contributed by atoms with Gasteiger partial charge in [-0.15, -0.1) is 0 Å². The molecule has 0 atom stereocenters. The second-order valence-electron chi connectivity index (χ2n) is 8.85. The van der Waals surface area contributed by atoms with Crippen molar-refractivity contribution in [3.8, 4) is 0 Å². The van der Waals surface area contributed by atoms with Crippen molar-refractivity contribution < 1.29 is 4.79 Å². The zero-order valence-electron chi connectivity index (χ0n) is 18.9. The number of carbonyl (C=O) groups excluding carboxylic acids is 1. The molecule has 0 spiro atoms. The van der Waals surface area contributed by atoms with Gasteiger partial charge >= 0.3 is 0 Å². The standard InChI is InChI=1S/C27H28N4O2/c1-19-6-8-20(9-7-19)14-15-28-26(32)22-12-10-21(11-13-22)18-30-16-17-31-25(27(30)33)23-4-2-3-5-24(23)29-31/h6-13,16-17H,2-5,14-15,18H2,1H3,(H,28,32). The van der Waals surface area contributed by atoms with Crippen LogP contribution in [-0.4, -0.2) is 26.6 Å². The van der Waals surface area contributed by atoms with E-state index in [-0.39, 0.29) is 11.5 Å². The first kappa shape index (κ1) is 21.2. The summed E-state index contributed by atoms with van der Waals surface area (Å²) in [5.74, 6) is -0.0851. The van der Waals surface area contributed by atoms with Gasteiger partial charge in [0.2, 0.25) is 0 Å². The van der Waals surface area contributed by atoms with Crippen LogP contribution in [0.4, 0.5) is 0 Å². The molecular weight excluding hydrogens is 412 g/mol. The molecule has 0 unspecified atom stereocenters. The number of amides is 1. The number of benzene rings is 2. The highest BCUT2D eigenvalue weighted by atomic mass is 16.1. The van der Waals surface area contributed by atoms with Gasteiger partial charge < -0.3 is 9.88 Å². The third-order valence-corrected chi connectivity index (χ3v) is 6.42. The van der Waals surface area contributed by atoms with Gasteiger partial charge in [-0.3, -0.25) is 9.59 Å². The normalized spacial score (nSPS) is 13.1. The lowest BCUT2D eigenvalue weighted by molar-refractivity contribution is 0.0954. The van der Waals surface area contributed by atoms with E-state index < -0.39 is 0 Å². The molecule has 0 fully saturated rings. The maximum Gasteiger partial charge on any atom is 0.277 e. The Morgan fingerprint density at radius 1 is 0.970 bits per heavy atom. The number of nitrogens with zero attached hydrogens (tertiary/aromatic N) is 3. The number of aryl methyl sites for hydroxylation is 3. The van der Waals surface area contributed by atoms with Crippen LogP contribution in [0, 0.1) is 6.92 Å². The predicted octanol–water partition coefficient (Wildman–Crippen LogP) is 3.70. The van der Waals surface area contributed by atoms with Gasteiger partial charge in [0.1, 0.15) is 5.52 Å². The molecule has 0 bridgehead atoms. The smallest absolute Gasteiger partial charge is 0.277 e. The van der Waals surface area contributed by atoms with Crippen LogP contribution in [0.5, 0.6) is 0 Å². The molecule has 1 N–H and O–H groups in total. The van der Waals surface area contributed by atoms with E-state index >= 15 is 0 Å². The van der Waals surface area contributed by atoms with Crippen molar-refractivity contribution in [2.75, 3.05) is 6.54 Å². The quantitative estimate of drug-likeness (QED) is 0.497. The van der Waals surface area contributed by atoms with Gasteiger partial charge in [-0.25, -0.2) is 4.52 Å². The Kier molecular flexibility index (Phi) is 5.82. The van der Waals surface area contributed by atoms with E-state index in [9.17, 15) is 9.59 Å². The molecule has 1 aliphatic carbocycles. The van der Waals surface area contributed by atoms with E-state index in [0.717, 1.165) is 48.9 Å². The number of fused-ring (bicyclic) bond motifs is 3. The molecule has 33 heavy (non-hydrogen) atoms. The first-order chi connectivity index (χ1) is 16.1. The van der Waals surface area contributed by atoms with Crippen LogP contribution < -0.4 is 10.9 Å². The van der Waals surface area contributed by atoms with Crippen LogP contribution in [0.1, 0.15) is 51.1 Å². The van der Waals surface area contributed by atoms with Gasteiger partial charge in [-0.05, 0) is 62.3 Å². The molecule has 2 heterocycles. The van der Waals surface area contributed by atoms with Crippen molar-refractivity contribution in [1.82, 2.24) is 19.5 Å². The van der Waals surface area contributed by atoms with Crippen molar-refractivity contribution in [2.45, 2.75) is 45.6 Å². The second kappa shape index (κ2) is 9.06. The third kappa shape index (κ3) is 4.46. The van der Waals surface area contributed by atoms with Crippen LogP contribution in [-0.2, 0) is 25.8 Å². The maximum absolute atomic E-state index is 13.1. The monoisotopic (exact) mass is 440 g/mol. The molecule has 2 aromatic carbocycles. The molecule has 2 aromatic heterocycles. The fraction of sp³-hybridized carbons (Fsp3) is 0.296. The molecule has 5 rings (SSSR count). The SMILES string of the molecule is Cc1ccc(CCNC(=O)c2ccc(Cn3ccn4nc5c(c4c3=O)CCCC5)cc2)cc1. The van der Waals surface area contributed by atoms with Crippen molar-refractivity contribution >= 4 is 11.4 Å². The average Bonchev–Trinajstić information content (AvgIpc) is 3.22. The number of carbonyl (C=O) groups is 1. The first-order valence-electron chi connectivity index (χ1n) is 11.6. The van der Waals surface area contributed by atoms with Gasteiger partial charge in [0.15, 0.2) is 0 Å². The largest absolute Gasteiger partial charge is 0.352 e. The van der Waals surface area contributed by atoms with Gasteiger partial charge in [0.25, 0.3) is 11.5 Å². The summed E-state index contributed by atoms with van der Waals surface area (Å²) in [7, 11) is 0. The zero-order valence-corrected chi connectivity index (χ0v) is 18.9. The van der Waals surface area contributed by atoms with Crippen LogP contribution in [0.2, 0.25) is 0 Å². The summed E-state index contributed by atoms with van der Waals surface area (Å²) in [6.45, 7) is 3.12. The number of aromatic nitrogens is 3. The van der Waals surface area contributed by atoms with E-state index in [4.69, 9.17) is 0 Å². The van der Waals surface area contributed by atoms with Crippen molar-refractivity contribution in [1.29, 1.82) is 0 Å². The van der Waals surface area contributed by atoms with E-state index in [1.165, 1.54) is 11.1 Å². The van der Waals surface area contributed by atoms with Crippen LogP contribution in [0.3, 0.4) is 0 Å². The molecule has 0 aliphatic heterocycles. The minimum Gasteiger partial charge on any atom is -0.352 e. The number of hydrogen-bond donors (Lipinski definition) is 1.